The molecule has 3 heterocycles. The van der Waals surface area contributed by atoms with E-state index in [0.717, 1.165) is 42.5 Å². The number of nitrogens with one attached hydrogen (secondary N) is 1. The summed E-state index contributed by atoms with van der Waals surface area (Å²) in [6.07, 6.45) is 10.6. The van der Waals surface area contributed by atoms with Crippen LogP contribution in [0.3, 0.4) is 0 Å². The number of anilines is 1. The van der Waals surface area contributed by atoms with Crippen LogP contribution in [0.25, 0.3) is 22.3 Å². The Balaban J connectivity index is 1.51. The van der Waals surface area contributed by atoms with Gasteiger partial charge in [-0.25, -0.2) is 9.97 Å². The predicted molar refractivity (Wildman–Crippen MR) is 129 cm³/mol. The first-order valence-electron chi connectivity index (χ1n) is 11.9. The molecular weight excluding hydrogens is 415 g/mol. The van der Waals surface area contributed by atoms with Gasteiger partial charge in [-0.05, 0) is 91.4 Å². The smallest absolute Gasteiger partial charge is 0.213 e. The van der Waals surface area contributed by atoms with Gasteiger partial charge in [0.2, 0.25) is 5.95 Å². The highest BCUT2D eigenvalue weighted by Gasteiger charge is 2.27. The first kappa shape index (κ1) is 22.0. The van der Waals surface area contributed by atoms with Gasteiger partial charge in [0.1, 0.15) is 5.82 Å². The average Bonchev–Trinajstić information content (AvgIpc) is 3.39. The van der Waals surface area contributed by atoms with Crippen molar-refractivity contribution in [1.29, 1.82) is 0 Å². The normalized spacial score (nSPS) is 23.0. The van der Waals surface area contributed by atoms with Crippen molar-refractivity contribution in [2.24, 2.45) is 0 Å². The lowest BCUT2D eigenvalue weighted by molar-refractivity contribution is 0.0657. The molecule has 33 heavy (non-hydrogen) atoms. The summed E-state index contributed by atoms with van der Waals surface area (Å²) in [7, 11) is 1.82. The van der Waals surface area contributed by atoms with Gasteiger partial charge in [-0.15, -0.1) is 0 Å². The molecule has 1 atom stereocenters. The van der Waals surface area contributed by atoms with Crippen LogP contribution in [0.2, 0.25) is 0 Å². The molecule has 5 nitrogen and oxygen atoms in total. The fourth-order valence-electron chi connectivity index (χ4n) is 5.42. The van der Waals surface area contributed by atoms with Crippen molar-refractivity contribution in [2.45, 2.75) is 56.6 Å². The van der Waals surface area contributed by atoms with Crippen molar-refractivity contribution in [3.05, 3.63) is 65.9 Å². The van der Waals surface area contributed by atoms with Crippen LogP contribution < -0.4 is 11.1 Å². The molecule has 2 fully saturated rings. The number of ether oxygens (including phenoxy) is 1. The Morgan fingerprint density at radius 3 is 2.52 bits per heavy atom. The largest absolute Gasteiger partial charge is 0.383 e. The molecule has 0 radical (unpaired) electrons. The van der Waals surface area contributed by atoms with E-state index in [9.17, 15) is 4.39 Å². The van der Waals surface area contributed by atoms with Crippen molar-refractivity contribution in [1.82, 2.24) is 15.3 Å². The van der Waals surface area contributed by atoms with Gasteiger partial charge in [-0.3, -0.25) is 0 Å². The number of nitrogens with two attached hydrogens (primary N) is 1. The van der Waals surface area contributed by atoms with Crippen LogP contribution in [-0.4, -0.2) is 29.7 Å². The Morgan fingerprint density at radius 2 is 1.79 bits per heavy atom. The fraction of sp³-hybridized carbons (Fsp3) is 0.407. The summed E-state index contributed by atoms with van der Waals surface area (Å²) in [5.41, 5.74) is 12.5. The van der Waals surface area contributed by atoms with Crippen LogP contribution in [0.1, 0.15) is 61.6 Å². The van der Waals surface area contributed by atoms with E-state index < -0.39 is 5.95 Å². The topological polar surface area (TPSA) is 73.1 Å². The van der Waals surface area contributed by atoms with E-state index in [0.29, 0.717) is 29.4 Å². The maximum absolute atomic E-state index is 13.7. The van der Waals surface area contributed by atoms with Crippen LogP contribution in [0, 0.1) is 5.95 Å². The van der Waals surface area contributed by atoms with Crippen LogP contribution in [0.5, 0.6) is 0 Å². The molecule has 5 rings (SSSR count). The summed E-state index contributed by atoms with van der Waals surface area (Å²) in [5, 5.41) is 3.69. The highest BCUT2D eigenvalue weighted by atomic mass is 19.1. The first-order valence-corrected chi connectivity index (χ1v) is 11.9. The molecule has 1 aromatic carbocycles. The highest BCUT2D eigenvalue weighted by molar-refractivity contribution is 5.79. The van der Waals surface area contributed by atoms with Gasteiger partial charge in [0, 0.05) is 42.7 Å². The summed E-state index contributed by atoms with van der Waals surface area (Å²) < 4.78 is 19.3. The van der Waals surface area contributed by atoms with Crippen molar-refractivity contribution >= 4 is 5.82 Å². The Bertz CT molecular complexity index is 1120. The number of nitrogen functional groups attached to an aromatic ring is 1. The van der Waals surface area contributed by atoms with E-state index in [1.165, 1.54) is 42.7 Å². The quantitative estimate of drug-likeness (QED) is 0.497. The van der Waals surface area contributed by atoms with Crippen molar-refractivity contribution < 1.29 is 9.13 Å². The summed E-state index contributed by atoms with van der Waals surface area (Å²) in [5.74, 6) is 0.427. The standard InChI is InChI=1S/C27H31FN4O/c1-33-21-7-4-17(5-8-21)22-9-6-18(13-24(22)25-3-2-11-30-25)20-14-23(27(29)32-16-20)19-10-12-31-26(28)15-19/h6,9-10,12-17,21,25,30H,2-5,7-8,11H2,1H3,(H2,29,32)/t17?,21?,25-/m0/s1. The fourth-order valence-corrected chi connectivity index (χ4v) is 5.42. The number of methoxy groups -OCH3 is 1. The maximum Gasteiger partial charge on any atom is 0.213 e. The number of aromatic nitrogens is 2. The molecule has 172 valence electrons. The summed E-state index contributed by atoms with van der Waals surface area (Å²) >= 11 is 0. The number of nitrogens with zero attached hydrogens (tertiary/aromatic N) is 2. The number of hydrogen-bond acceptors (Lipinski definition) is 5. The average molecular weight is 447 g/mol. The van der Waals surface area contributed by atoms with Gasteiger partial charge in [-0.2, -0.15) is 4.39 Å². The third kappa shape index (κ3) is 4.63. The first-order chi connectivity index (χ1) is 16.1. The lowest BCUT2D eigenvalue weighted by Gasteiger charge is -2.30. The van der Waals surface area contributed by atoms with Gasteiger partial charge in [0.15, 0.2) is 0 Å². The molecule has 0 unspecified atom stereocenters. The number of halogens is 1. The number of hydrogen-bond donors (Lipinski definition) is 2. The van der Waals surface area contributed by atoms with Crippen LogP contribution in [0.15, 0.2) is 48.8 Å². The third-order valence-electron chi connectivity index (χ3n) is 7.26. The number of rotatable bonds is 5. The summed E-state index contributed by atoms with van der Waals surface area (Å²) in [6.45, 7) is 1.06. The minimum absolute atomic E-state index is 0.383. The van der Waals surface area contributed by atoms with E-state index >= 15 is 0 Å². The number of benzene rings is 1. The molecule has 2 aromatic heterocycles. The minimum Gasteiger partial charge on any atom is -0.383 e. The SMILES string of the molecule is COC1CCC(c2ccc(-c3cnc(N)c(-c4ccnc(F)c4)c3)cc2[C@@H]2CCCN2)CC1. The Hall–Kier alpha value is -2.83. The molecule has 6 heteroatoms. The van der Waals surface area contributed by atoms with Gasteiger partial charge in [0.25, 0.3) is 0 Å². The van der Waals surface area contributed by atoms with Crippen molar-refractivity contribution in [3.8, 4) is 22.3 Å². The molecule has 1 saturated heterocycles. The Labute approximate surface area is 194 Å². The molecule has 2 aliphatic rings. The van der Waals surface area contributed by atoms with Crippen LogP contribution in [0.4, 0.5) is 10.2 Å². The lowest BCUT2D eigenvalue weighted by atomic mass is 9.79. The zero-order chi connectivity index (χ0) is 22.8. The third-order valence-corrected chi connectivity index (χ3v) is 7.26. The van der Waals surface area contributed by atoms with Crippen molar-refractivity contribution in [2.75, 3.05) is 19.4 Å². The van der Waals surface area contributed by atoms with Gasteiger partial charge >= 0.3 is 0 Å². The molecule has 0 amide bonds. The van der Waals surface area contributed by atoms with E-state index in [2.05, 4.69) is 33.5 Å². The second-order valence-electron chi connectivity index (χ2n) is 9.23. The second kappa shape index (κ2) is 9.57. The van der Waals surface area contributed by atoms with Gasteiger partial charge in [-0.1, -0.05) is 12.1 Å². The zero-order valence-electron chi connectivity index (χ0n) is 19.1. The molecule has 1 aliphatic carbocycles. The highest BCUT2D eigenvalue weighted by Crippen LogP contribution is 2.40. The molecule has 3 N–H and O–H groups in total. The molecule has 1 aliphatic heterocycles. The van der Waals surface area contributed by atoms with E-state index in [-0.39, 0.29) is 0 Å². The van der Waals surface area contributed by atoms with E-state index in [4.69, 9.17) is 10.5 Å². The molecule has 0 bridgehead atoms. The Morgan fingerprint density at radius 1 is 0.939 bits per heavy atom. The van der Waals surface area contributed by atoms with Gasteiger partial charge < -0.3 is 15.8 Å². The van der Waals surface area contributed by atoms with Crippen molar-refractivity contribution in [3.63, 3.8) is 0 Å². The Kier molecular flexibility index (Phi) is 6.38. The van der Waals surface area contributed by atoms with E-state index in [1.54, 1.807) is 12.3 Å². The van der Waals surface area contributed by atoms with E-state index in [1.807, 2.05) is 13.2 Å². The van der Waals surface area contributed by atoms with Crippen LogP contribution in [-0.2, 0) is 4.74 Å². The zero-order valence-corrected chi connectivity index (χ0v) is 19.1. The summed E-state index contributed by atoms with van der Waals surface area (Å²) in [6, 6.07) is 12.4. The lowest BCUT2D eigenvalue weighted by Crippen LogP contribution is -2.22. The number of pyridine rings is 2. The second-order valence-corrected chi connectivity index (χ2v) is 9.23. The molecular formula is C27H31FN4O. The molecule has 0 spiro atoms. The van der Waals surface area contributed by atoms with Crippen LogP contribution >= 0.6 is 0 Å². The molecule has 1 saturated carbocycles. The van der Waals surface area contributed by atoms with Gasteiger partial charge in [0.05, 0.1) is 6.10 Å². The predicted octanol–water partition coefficient (Wildman–Crippen LogP) is 5.63. The minimum atomic E-state index is -0.528. The molecule has 3 aromatic rings. The maximum atomic E-state index is 13.7. The summed E-state index contributed by atoms with van der Waals surface area (Å²) in [4.78, 5) is 8.08. The monoisotopic (exact) mass is 446 g/mol.